The summed E-state index contributed by atoms with van der Waals surface area (Å²) in [5, 5.41) is 17.5. The Bertz CT molecular complexity index is 410. The average Bonchev–Trinajstić information content (AvgIpc) is 2.36. The van der Waals surface area contributed by atoms with Crippen molar-refractivity contribution in [2.45, 2.75) is 32.1 Å². The third-order valence-electron chi connectivity index (χ3n) is 2.58. The summed E-state index contributed by atoms with van der Waals surface area (Å²) in [6.45, 7) is 0.316. The standard InChI is InChI=1S/C14H18O5/c15-12-7-5-11(6-8-12)10-14(18)19-9-3-1-2-4-13(16)17/h5-8,15H,1-4,9-10H2,(H,16,17). The molecule has 0 aliphatic carbocycles. The molecule has 0 aromatic heterocycles. The van der Waals surface area contributed by atoms with E-state index in [9.17, 15) is 9.59 Å². The van der Waals surface area contributed by atoms with Gasteiger partial charge in [0.1, 0.15) is 5.75 Å². The number of carboxylic acids is 1. The highest BCUT2D eigenvalue weighted by Gasteiger charge is 2.05. The summed E-state index contributed by atoms with van der Waals surface area (Å²) in [6.07, 6.45) is 2.34. The molecule has 5 nitrogen and oxygen atoms in total. The minimum absolute atomic E-state index is 0.154. The van der Waals surface area contributed by atoms with Gasteiger partial charge >= 0.3 is 11.9 Å². The Balaban J connectivity index is 2.11. The molecule has 0 spiro atoms. The Kier molecular flexibility index (Phi) is 6.43. The summed E-state index contributed by atoms with van der Waals surface area (Å²) in [4.78, 5) is 21.7. The van der Waals surface area contributed by atoms with Crippen molar-refractivity contribution in [1.82, 2.24) is 0 Å². The van der Waals surface area contributed by atoms with Crippen LogP contribution in [0.4, 0.5) is 0 Å². The highest BCUT2D eigenvalue weighted by atomic mass is 16.5. The molecule has 0 radical (unpaired) electrons. The SMILES string of the molecule is O=C(O)CCCCCOC(=O)Cc1ccc(O)cc1. The number of hydrogen-bond acceptors (Lipinski definition) is 4. The van der Waals surface area contributed by atoms with Crippen molar-refractivity contribution in [2.24, 2.45) is 0 Å². The molecule has 19 heavy (non-hydrogen) atoms. The summed E-state index contributed by atoms with van der Waals surface area (Å²) >= 11 is 0. The minimum Gasteiger partial charge on any atom is -0.508 e. The maximum Gasteiger partial charge on any atom is 0.310 e. The van der Waals surface area contributed by atoms with Crippen LogP contribution in [0.3, 0.4) is 0 Å². The van der Waals surface area contributed by atoms with E-state index in [0.717, 1.165) is 12.0 Å². The first-order valence-electron chi connectivity index (χ1n) is 6.23. The maximum absolute atomic E-state index is 11.5. The number of carboxylic acid groups (broad SMARTS) is 1. The highest BCUT2D eigenvalue weighted by Crippen LogP contribution is 2.10. The van der Waals surface area contributed by atoms with Gasteiger partial charge in [0.2, 0.25) is 0 Å². The van der Waals surface area contributed by atoms with Gasteiger partial charge in [0, 0.05) is 6.42 Å². The van der Waals surface area contributed by atoms with Crippen LogP contribution < -0.4 is 0 Å². The van der Waals surface area contributed by atoms with Crippen molar-refractivity contribution in [2.75, 3.05) is 6.61 Å². The topological polar surface area (TPSA) is 83.8 Å². The normalized spacial score (nSPS) is 10.1. The van der Waals surface area contributed by atoms with Crippen LogP contribution in [-0.2, 0) is 20.7 Å². The monoisotopic (exact) mass is 266 g/mol. The minimum atomic E-state index is -0.802. The number of esters is 1. The molecule has 1 rings (SSSR count). The first-order valence-corrected chi connectivity index (χ1v) is 6.23. The number of ether oxygens (including phenoxy) is 1. The number of phenols is 1. The Labute approximate surface area is 111 Å². The van der Waals surface area contributed by atoms with Gasteiger partial charge in [-0.3, -0.25) is 9.59 Å². The second kappa shape index (κ2) is 8.13. The fourth-order valence-electron chi connectivity index (χ4n) is 1.57. The number of unbranched alkanes of at least 4 members (excludes halogenated alkanes) is 2. The van der Waals surface area contributed by atoms with Crippen molar-refractivity contribution in [3.63, 3.8) is 0 Å². The number of aromatic hydroxyl groups is 1. The molecule has 5 heteroatoms. The first kappa shape index (κ1) is 15.0. The number of benzene rings is 1. The van der Waals surface area contributed by atoms with E-state index in [1.54, 1.807) is 12.1 Å². The van der Waals surface area contributed by atoms with E-state index in [2.05, 4.69) is 0 Å². The lowest BCUT2D eigenvalue weighted by atomic mass is 10.1. The number of hydrogen-bond donors (Lipinski definition) is 2. The van der Waals surface area contributed by atoms with Gasteiger partial charge in [-0.1, -0.05) is 12.1 Å². The van der Waals surface area contributed by atoms with Crippen LogP contribution in [0.25, 0.3) is 0 Å². The molecule has 0 saturated heterocycles. The molecule has 0 aliphatic rings. The molecular formula is C14H18O5. The molecule has 1 aromatic carbocycles. The lowest BCUT2D eigenvalue weighted by molar-refractivity contribution is -0.143. The molecule has 2 N–H and O–H groups in total. The second-order valence-electron chi connectivity index (χ2n) is 4.27. The molecule has 0 heterocycles. The molecule has 0 fully saturated rings. The predicted molar refractivity (Wildman–Crippen MR) is 68.9 cm³/mol. The van der Waals surface area contributed by atoms with Gasteiger partial charge in [0.15, 0.2) is 0 Å². The van der Waals surface area contributed by atoms with Gasteiger partial charge in [0.05, 0.1) is 13.0 Å². The zero-order chi connectivity index (χ0) is 14.1. The van der Waals surface area contributed by atoms with Crippen LogP contribution in [0.1, 0.15) is 31.2 Å². The average molecular weight is 266 g/mol. The van der Waals surface area contributed by atoms with Crippen LogP contribution in [0.2, 0.25) is 0 Å². The quantitative estimate of drug-likeness (QED) is 0.556. The van der Waals surface area contributed by atoms with E-state index in [4.69, 9.17) is 14.9 Å². The van der Waals surface area contributed by atoms with Crippen molar-refractivity contribution in [3.05, 3.63) is 29.8 Å². The summed E-state index contributed by atoms with van der Waals surface area (Å²) in [6, 6.07) is 6.38. The Morgan fingerprint density at radius 2 is 1.74 bits per heavy atom. The van der Waals surface area contributed by atoms with Crippen LogP contribution in [0, 0.1) is 0 Å². The number of rotatable bonds is 8. The molecule has 0 unspecified atom stereocenters. The second-order valence-corrected chi connectivity index (χ2v) is 4.27. The molecule has 1 aromatic rings. The maximum atomic E-state index is 11.5. The van der Waals surface area contributed by atoms with Gasteiger partial charge in [-0.2, -0.15) is 0 Å². The lowest BCUT2D eigenvalue weighted by Gasteiger charge is -2.04. The molecule has 0 bridgehead atoms. The van der Waals surface area contributed by atoms with E-state index >= 15 is 0 Å². The van der Waals surface area contributed by atoms with Crippen LogP contribution in [-0.4, -0.2) is 28.8 Å². The van der Waals surface area contributed by atoms with E-state index in [1.165, 1.54) is 12.1 Å². The van der Waals surface area contributed by atoms with E-state index in [0.29, 0.717) is 19.4 Å². The van der Waals surface area contributed by atoms with Crippen LogP contribution >= 0.6 is 0 Å². The number of carbonyl (C=O) groups excluding carboxylic acids is 1. The summed E-state index contributed by atoms with van der Waals surface area (Å²) in [5.74, 6) is -0.955. The Morgan fingerprint density at radius 3 is 2.37 bits per heavy atom. The molecule has 104 valence electrons. The smallest absolute Gasteiger partial charge is 0.310 e. The van der Waals surface area contributed by atoms with E-state index in [-0.39, 0.29) is 24.6 Å². The third kappa shape index (κ3) is 7.08. The number of carbonyl (C=O) groups is 2. The lowest BCUT2D eigenvalue weighted by Crippen LogP contribution is -2.09. The van der Waals surface area contributed by atoms with Gasteiger partial charge < -0.3 is 14.9 Å². The number of aliphatic carboxylic acids is 1. The summed E-state index contributed by atoms with van der Waals surface area (Å²) in [7, 11) is 0. The van der Waals surface area contributed by atoms with Gasteiger partial charge in [0.25, 0.3) is 0 Å². The largest absolute Gasteiger partial charge is 0.508 e. The molecule has 0 atom stereocenters. The van der Waals surface area contributed by atoms with Gasteiger partial charge in [-0.15, -0.1) is 0 Å². The Morgan fingerprint density at radius 1 is 1.05 bits per heavy atom. The van der Waals surface area contributed by atoms with Crippen LogP contribution in [0.15, 0.2) is 24.3 Å². The fourth-order valence-corrected chi connectivity index (χ4v) is 1.57. The predicted octanol–water partition coefficient (Wildman–Crippen LogP) is 2.12. The summed E-state index contributed by atoms with van der Waals surface area (Å²) < 4.78 is 5.03. The van der Waals surface area contributed by atoms with Crippen molar-refractivity contribution in [3.8, 4) is 5.75 Å². The third-order valence-corrected chi connectivity index (χ3v) is 2.58. The van der Waals surface area contributed by atoms with E-state index < -0.39 is 5.97 Å². The fraction of sp³-hybridized carbons (Fsp3) is 0.429. The Hall–Kier alpha value is -2.04. The highest BCUT2D eigenvalue weighted by molar-refractivity contribution is 5.72. The molecule has 0 saturated carbocycles. The molecule has 0 amide bonds. The van der Waals surface area contributed by atoms with Gasteiger partial charge in [-0.25, -0.2) is 0 Å². The number of phenolic OH excluding ortho intramolecular Hbond substituents is 1. The van der Waals surface area contributed by atoms with Crippen molar-refractivity contribution < 1.29 is 24.5 Å². The van der Waals surface area contributed by atoms with Crippen LogP contribution in [0.5, 0.6) is 5.75 Å². The van der Waals surface area contributed by atoms with E-state index in [1.807, 2.05) is 0 Å². The zero-order valence-electron chi connectivity index (χ0n) is 10.7. The summed E-state index contributed by atoms with van der Waals surface area (Å²) in [5.41, 5.74) is 0.786. The zero-order valence-corrected chi connectivity index (χ0v) is 10.7. The van der Waals surface area contributed by atoms with Crippen molar-refractivity contribution >= 4 is 11.9 Å². The van der Waals surface area contributed by atoms with Gasteiger partial charge in [-0.05, 0) is 37.0 Å². The first-order chi connectivity index (χ1) is 9.08. The molecule has 0 aliphatic heterocycles. The molecular weight excluding hydrogens is 248 g/mol. The van der Waals surface area contributed by atoms with Crippen molar-refractivity contribution in [1.29, 1.82) is 0 Å².